The molecule has 1 fully saturated rings. The summed E-state index contributed by atoms with van der Waals surface area (Å²) in [4.78, 5) is 26.8. The Balaban J connectivity index is 1.38. The van der Waals surface area contributed by atoms with Gasteiger partial charge in [-0.2, -0.15) is 5.10 Å². The van der Waals surface area contributed by atoms with Crippen LogP contribution in [-0.4, -0.2) is 68.2 Å². The van der Waals surface area contributed by atoms with Crippen molar-refractivity contribution in [3.63, 3.8) is 0 Å². The number of carbonyl (C=O) groups excluding carboxylic acids is 1. The van der Waals surface area contributed by atoms with Crippen molar-refractivity contribution < 1.29 is 4.79 Å². The van der Waals surface area contributed by atoms with Gasteiger partial charge in [-0.1, -0.05) is 6.07 Å². The first-order valence-electron chi connectivity index (χ1n) is 11.2. The summed E-state index contributed by atoms with van der Waals surface area (Å²) in [6.45, 7) is 9.11. The van der Waals surface area contributed by atoms with Crippen LogP contribution in [0.1, 0.15) is 54.5 Å². The lowest BCUT2D eigenvalue weighted by Gasteiger charge is -2.37. The van der Waals surface area contributed by atoms with Gasteiger partial charge in [0.2, 0.25) is 0 Å². The van der Waals surface area contributed by atoms with E-state index in [9.17, 15) is 4.79 Å². The van der Waals surface area contributed by atoms with Gasteiger partial charge >= 0.3 is 0 Å². The molecule has 4 rings (SSSR count). The molecule has 0 atom stereocenters. The van der Waals surface area contributed by atoms with Crippen LogP contribution in [0.3, 0.4) is 0 Å². The molecule has 1 amide bonds. The van der Waals surface area contributed by atoms with Crippen molar-refractivity contribution in [3.05, 3.63) is 53.6 Å². The quantitative estimate of drug-likeness (QED) is 0.611. The number of pyridine rings is 2. The van der Waals surface area contributed by atoms with Crippen LogP contribution in [0.25, 0.3) is 11.0 Å². The van der Waals surface area contributed by atoms with E-state index in [4.69, 9.17) is 4.98 Å². The highest BCUT2D eigenvalue weighted by Gasteiger charge is 2.27. The maximum Gasteiger partial charge on any atom is 0.255 e. The number of amides is 1. The molecule has 0 radical (unpaired) electrons. The minimum absolute atomic E-state index is 0.0520. The Kier molecular flexibility index (Phi) is 6.32. The van der Waals surface area contributed by atoms with E-state index < -0.39 is 0 Å². The number of rotatable bonds is 6. The Labute approximate surface area is 184 Å². The summed E-state index contributed by atoms with van der Waals surface area (Å²) in [6.07, 6.45) is 6.60. The number of hydrogen-bond acceptors (Lipinski definition) is 5. The van der Waals surface area contributed by atoms with Crippen molar-refractivity contribution >= 4 is 16.9 Å². The maximum atomic E-state index is 13.3. The molecule has 1 saturated heterocycles. The van der Waals surface area contributed by atoms with Crippen molar-refractivity contribution in [1.82, 2.24) is 29.5 Å². The van der Waals surface area contributed by atoms with Crippen molar-refractivity contribution in [2.75, 3.05) is 26.7 Å². The van der Waals surface area contributed by atoms with Gasteiger partial charge in [0, 0.05) is 62.5 Å². The molecule has 1 aliphatic rings. The van der Waals surface area contributed by atoms with E-state index in [0.29, 0.717) is 5.56 Å². The van der Waals surface area contributed by atoms with Crippen LogP contribution < -0.4 is 0 Å². The summed E-state index contributed by atoms with van der Waals surface area (Å²) in [5.74, 6) is 0.0520. The molecule has 0 unspecified atom stereocenters. The molecule has 7 nitrogen and oxygen atoms in total. The standard InChI is InChI=1S/C24H32N6O/c1-17(2)30-23-19(16-26-30)15-22(18(3)27-23)24(31)28(4)21-9-13-29(14-10-21)12-8-20-7-5-6-11-25-20/h5-7,11,15-17,21H,8-10,12-14H2,1-4H3. The predicted octanol–water partition coefficient (Wildman–Crippen LogP) is 3.49. The topological polar surface area (TPSA) is 67.2 Å². The lowest BCUT2D eigenvalue weighted by molar-refractivity contribution is 0.0642. The number of hydrogen-bond donors (Lipinski definition) is 0. The van der Waals surface area contributed by atoms with E-state index in [-0.39, 0.29) is 18.0 Å². The summed E-state index contributed by atoms with van der Waals surface area (Å²) < 4.78 is 1.90. The number of fused-ring (bicyclic) bond motifs is 1. The minimum Gasteiger partial charge on any atom is -0.339 e. The van der Waals surface area contributed by atoms with Crippen LogP contribution in [0.2, 0.25) is 0 Å². The molecule has 7 heteroatoms. The van der Waals surface area contributed by atoms with E-state index in [2.05, 4.69) is 34.9 Å². The molecule has 0 aromatic carbocycles. The first-order valence-corrected chi connectivity index (χ1v) is 11.2. The molecular weight excluding hydrogens is 388 g/mol. The monoisotopic (exact) mass is 420 g/mol. The second-order valence-corrected chi connectivity index (χ2v) is 8.78. The van der Waals surface area contributed by atoms with Gasteiger partial charge in [0.25, 0.3) is 5.91 Å². The van der Waals surface area contributed by atoms with Crippen LogP contribution in [0.5, 0.6) is 0 Å². The van der Waals surface area contributed by atoms with E-state index in [1.54, 1.807) is 6.20 Å². The van der Waals surface area contributed by atoms with Gasteiger partial charge in [-0.3, -0.25) is 9.78 Å². The molecule has 164 valence electrons. The molecule has 1 aliphatic heterocycles. The SMILES string of the molecule is Cc1nc2c(cnn2C(C)C)cc1C(=O)N(C)C1CCN(CCc2ccccn2)CC1. The largest absolute Gasteiger partial charge is 0.339 e. The highest BCUT2D eigenvalue weighted by molar-refractivity contribution is 5.98. The summed E-state index contributed by atoms with van der Waals surface area (Å²) >= 11 is 0. The van der Waals surface area contributed by atoms with E-state index in [1.165, 1.54) is 0 Å². The summed E-state index contributed by atoms with van der Waals surface area (Å²) in [5, 5.41) is 5.36. The van der Waals surface area contributed by atoms with Crippen LogP contribution in [0.4, 0.5) is 0 Å². The first kappa shape index (κ1) is 21.4. The predicted molar refractivity (Wildman–Crippen MR) is 122 cm³/mol. The molecule has 4 heterocycles. The molecule has 0 spiro atoms. The fraction of sp³-hybridized carbons (Fsp3) is 0.500. The Morgan fingerprint density at radius 1 is 1.26 bits per heavy atom. The van der Waals surface area contributed by atoms with Crippen LogP contribution in [-0.2, 0) is 6.42 Å². The fourth-order valence-electron chi connectivity index (χ4n) is 4.36. The Bertz CT molecular complexity index is 1040. The number of piperidine rings is 1. The lowest BCUT2D eigenvalue weighted by Crippen LogP contribution is -2.46. The van der Waals surface area contributed by atoms with Gasteiger partial charge in [-0.25, -0.2) is 9.67 Å². The maximum absolute atomic E-state index is 13.3. The fourth-order valence-corrected chi connectivity index (χ4v) is 4.36. The average molecular weight is 421 g/mol. The highest BCUT2D eigenvalue weighted by atomic mass is 16.2. The van der Waals surface area contributed by atoms with Gasteiger partial charge in [0.1, 0.15) is 0 Å². The smallest absolute Gasteiger partial charge is 0.255 e. The summed E-state index contributed by atoms with van der Waals surface area (Å²) in [5.41, 5.74) is 3.42. The van der Waals surface area contributed by atoms with E-state index in [1.807, 2.05) is 47.9 Å². The molecule has 0 aliphatic carbocycles. The van der Waals surface area contributed by atoms with Crippen molar-refractivity contribution in [2.45, 2.75) is 52.1 Å². The first-order chi connectivity index (χ1) is 14.9. The van der Waals surface area contributed by atoms with E-state index in [0.717, 1.165) is 61.3 Å². The van der Waals surface area contributed by atoms with Gasteiger partial charge in [0.15, 0.2) is 5.65 Å². The zero-order chi connectivity index (χ0) is 22.0. The Morgan fingerprint density at radius 3 is 2.71 bits per heavy atom. The highest BCUT2D eigenvalue weighted by Crippen LogP contribution is 2.23. The van der Waals surface area contributed by atoms with Gasteiger partial charge in [-0.05, 0) is 51.8 Å². The second-order valence-electron chi connectivity index (χ2n) is 8.78. The summed E-state index contributed by atoms with van der Waals surface area (Å²) in [6, 6.07) is 8.51. The van der Waals surface area contributed by atoms with Crippen molar-refractivity contribution in [2.24, 2.45) is 0 Å². The van der Waals surface area contributed by atoms with Crippen LogP contribution in [0, 0.1) is 6.92 Å². The third-order valence-electron chi connectivity index (χ3n) is 6.31. The zero-order valence-corrected chi connectivity index (χ0v) is 19.0. The third-order valence-corrected chi connectivity index (χ3v) is 6.31. The normalized spacial score (nSPS) is 15.6. The molecule has 3 aromatic rings. The molecule has 3 aromatic heterocycles. The van der Waals surface area contributed by atoms with Gasteiger partial charge in [0.05, 0.1) is 17.5 Å². The Hall–Kier alpha value is -2.80. The number of carbonyl (C=O) groups is 1. The minimum atomic E-state index is 0.0520. The molecule has 31 heavy (non-hydrogen) atoms. The van der Waals surface area contributed by atoms with Crippen LogP contribution in [0.15, 0.2) is 36.7 Å². The van der Waals surface area contributed by atoms with E-state index >= 15 is 0 Å². The number of aromatic nitrogens is 4. The summed E-state index contributed by atoms with van der Waals surface area (Å²) in [7, 11) is 1.93. The molecule has 0 N–H and O–H groups in total. The lowest BCUT2D eigenvalue weighted by atomic mass is 10.0. The molecule has 0 bridgehead atoms. The Morgan fingerprint density at radius 2 is 2.03 bits per heavy atom. The average Bonchev–Trinajstić information content (AvgIpc) is 3.20. The van der Waals surface area contributed by atoms with Crippen molar-refractivity contribution in [1.29, 1.82) is 0 Å². The van der Waals surface area contributed by atoms with Gasteiger partial charge < -0.3 is 9.80 Å². The second kappa shape index (κ2) is 9.14. The molecule has 0 saturated carbocycles. The van der Waals surface area contributed by atoms with Gasteiger partial charge in [-0.15, -0.1) is 0 Å². The van der Waals surface area contributed by atoms with Crippen molar-refractivity contribution in [3.8, 4) is 0 Å². The number of aryl methyl sites for hydroxylation is 1. The third kappa shape index (κ3) is 4.61. The number of likely N-dealkylation sites (tertiary alicyclic amines) is 1. The zero-order valence-electron chi connectivity index (χ0n) is 19.0. The van der Waals surface area contributed by atoms with Crippen LogP contribution >= 0.6 is 0 Å². The number of nitrogens with zero attached hydrogens (tertiary/aromatic N) is 6. The molecular formula is C24H32N6O.